The van der Waals surface area contributed by atoms with Gasteiger partial charge in [0.25, 0.3) is 17.5 Å². The molecule has 3 aromatic carbocycles. The lowest BCUT2D eigenvalue weighted by atomic mass is 9.48. The number of nitro groups is 1. The van der Waals surface area contributed by atoms with Crippen LogP contribution in [0.4, 0.5) is 30.4 Å². The van der Waals surface area contributed by atoms with Gasteiger partial charge in [-0.25, -0.2) is 4.98 Å². The Morgan fingerprint density at radius 3 is 2.36 bits per heavy atom. The number of nitro benzene ring substituents is 1. The number of carbonyl (C=O) groups excluding carboxylic acids is 4. The molecule has 4 heterocycles. The predicted molar refractivity (Wildman–Crippen MR) is 204 cm³/mol. The number of pyridine rings is 1. The molecule has 13 nitrogen and oxygen atoms in total. The number of imide groups is 2. The molecule has 3 aliphatic heterocycles. The highest BCUT2D eigenvalue weighted by molar-refractivity contribution is 6.33. The van der Waals surface area contributed by atoms with E-state index in [9.17, 15) is 42.8 Å². The second-order valence-corrected chi connectivity index (χ2v) is 15.8. The maximum Gasteiger partial charge on any atom is 0.417 e. The molecule has 2 aliphatic carbocycles. The maximum absolute atomic E-state index is 15.4. The molecule has 1 aromatic heterocycles. The summed E-state index contributed by atoms with van der Waals surface area (Å²) in [6, 6.07) is 16.5. The Labute approximate surface area is 341 Å². The van der Waals surface area contributed by atoms with Gasteiger partial charge in [0.2, 0.25) is 11.8 Å². The molecule has 0 radical (unpaired) electrons. The van der Waals surface area contributed by atoms with Crippen molar-refractivity contribution >= 4 is 64.0 Å². The van der Waals surface area contributed by atoms with Crippen molar-refractivity contribution in [2.24, 2.45) is 29.6 Å². The number of alkyl halides is 3. The molecule has 9 rings (SSSR count). The Hall–Kier alpha value is -6.26. The number of non-ortho nitro benzene ring substituents is 1. The van der Waals surface area contributed by atoms with Crippen molar-refractivity contribution in [3.63, 3.8) is 0 Å². The Morgan fingerprint density at radius 2 is 1.68 bits per heavy atom. The minimum Gasteiger partial charge on any atom is -0.508 e. The Bertz CT molecular complexity index is 2580. The number of aromatic hydroxyl groups is 1. The maximum atomic E-state index is 15.4. The van der Waals surface area contributed by atoms with Crippen molar-refractivity contribution in [1.82, 2.24) is 9.99 Å². The SMILES string of the molecule is O=C1C2CC3C(=CCC4C(=O)N(c5ccc([N+](=O)[O-])cc5)C(=O)C43)C(C3=COc4ccc(O)cc4C3)C2(c2ccc(Cl)cc2)C(=O)N1Nc1ncc(C(F)(F)F)cc1Cl. The zero-order chi connectivity index (χ0) is 41.7. The highest BCUT2D eigenvalue weighted by Crippen LogP contribution is 2.63. The van der Waals surface area contributed by atoms with Gasteiger partial charge in [0, 0.05) is 41.3 Å². The summed E-state index contributed by atoms with van der Waals surface area (Å²) in [4.78, 5) is 74.6. The molecule has 2 saturated heterocycles. The van der Waals surface area contributed by atoms with E-state index in [0.717, 1.165) is 4.90 Å². The molecule has 0 spiro atoms. The molecular formula is C41H28Cl2F3N5O8. The topological polar surface area (TPSA) is 172 Å². The molecule has 1 saturated carbocycles. The fourth-order valence-electron chi connectivity index (χ4n) is 9.58. The predicted octanol–water partition coefficient (Wildman–Crippen LogP) is 7.56. The average Bonchev–Trinajstić information content (AvgIpc) is 3.58. The van der Waals surface area contributed by atoms with Gasteiger partial charge in [0.15, 0.2) is 5.82 Å². The van der Waals surface area contributed by atoms with Crippen LogP contribution in [0.25, 0.3) is 0 Å². The number of allylic oxidation sites excluding steroid dienone is 3. The lowest BCUT2D eigenvalue weighted by Crippen LogP contribution is -2.55. The van der Waals surface area contributed by atoms with Crippen molar-refractivity contribution in [2.75, 3.05) is 10.3 Å². The Morgan fingerprint density at radius 1 is 0.949 bits per heavy atom. The molecule has 4 amide bonds. The summed E-state index contributed by atoms with van der Waals surface area (Å²) >= 11 is 12.6. The molecule has 4 aromatic rings. The molecule has 6 unspecified atom stereocenters. The van der Waals surface area contributed by atoms with E-state index in [1.54, 1.807) is 30.3 Å². The lowest BCUT2D eigenvalue weighted by Gasteiger charge is -2.51. The molecule has 300 valence electrons. The third-order valence-electron chi connectivity index (χ3n) is 12.0. The van der Waals surface area contributed by atoms with E-state index in [0.29, 0.717) is 50.3 Å². The van der Waals surface area contributed by atoms with E-state index in [1.165, 1.54) is 42.7 Å². The number of carbonyl (C=O) groups is 4. The third-order valence-corrected chi connectivity index (χ3v) is 12.6. The molecule has 5 aliphatic rings. The number of nitrogens with zero attached hydrogens (tertiary/aromatic N) is 4. The molecule has 59 heavy (non-hydrogen) atoms. The largest absolute Gasteiger partial charge is 0.508 e. The molecular weight excluding hydrogens is 818 g/mol. The number of rotatable bonds is 6. The van der Waals surface area contributed by atoms with Gasteiger partial charge in [-0.05, 0) is 78.4 Å². The van der Waals surface area contributed by atoms with Crippen LogP contribution in [0.15, 0.2) is 102 Å². The fraction of sp³-hybridized carbons (Fsp3) is 0.244. The number of hydrogen-bond acceptors (Lipinski definition) is 10. The van der Waals surface area contributed by atoms with Crippen LogP contribution in [-0.2, 0) is 37.2 Å². The van der Waals surface area contributed by atoms with Gasteiger partial charge >= 0.3 is 6.18 Å². The van der Waals surface area contributed by atoms with E-state index < -0.39 is 86.1 Å². The molecule has 2 N–H and O–H groups in total. The molecule has 6 atom stereocenters. The van der Waals surface area contributed by atoms with Crippen LogP contribution in [0.2, 0.25) is 10.0 Å². The number of phenols is 1. The van der Waals surface area contributed by atoms with E-state index >= 15 is 4.79 Å². The first-order valence-electron chi connectivity index (χ1n) is 18.2. The quantitative estimate of drug-likeness (QED) is 0.0854. The average molecular weight is 847 g/mol. The summed E-state index contributed by atoms with van der Waals surface area (Å²) in [7, 11) is 0. The van der Waals surface area contributed by atoms with Crippen LogP contribution in [0.5, 0.6) is 11.5 Å². The molecule has 3 fully saturated rings. The van der Waals surface area contributed by atoms with Gasteiger partial charge in [-0.3, -0.25) is 39.6 Å². The van der Waals surface area contributed by atoms with Crippen LogP contribution >= 0.6 is 23.2 Å². The zero-order valence-corrected chi connectivity index (χ0v) is 31.7. The number of amides is 4. The van der Waals surface area contributed by atoms with Crippen molar-refractivity contribution in [3.05, 3.63) is 139 Å². The number of benzene rings is 3. The first-order valence-corrected chi connectivity index (χ1v) is 19.0. The van der Waals surface area contributed by atoms with Crippen molar-refractivity contribution in [2.45, 2.75) is 30.9 Å². The second kappa shape index (κ2) is 13.7. The summed E-state index contributed by atoms with van der Waals surface area (Å²) in [6.07, 6.45) is -0.908. The number of aromatic nitrogens is 1. The summed E-state index contributed by atoms with van der Waals surface area (Å²) in [5.74, 6) is -7.71. The number of ether oxygens (including phenoxy) is 1. The van der Waals surface area contributed by atoms with Crippen LogP contribution in [0, 0.1) is 39.7 Å². The van der Waals surface area contributed by atoms with E-state index in [4.69, 9.17) is 27.9 Å². The number of hydrogen-bond donors (Lipinski definition) is 2. The van der Waals surface area contributed by atoms with E-state index in [1.807, 2.05) is 6.08 Å². The number of fused-ring (bicyclic) bond motifs is 5. The highest BCUT2D eigenvalue weighted by atomic mass is 35.5. The van der Waals surface area contributed by atoms with Gasteiger partial charge in [0.05, 0.1) is 50.6 Å². The van der Waals surface area contributed by atoms with Gasteiger partial charge in [0.1, 0.15) is 11.5 Å². The van der Waals surface area contributed by atoms with E-state index in [-0.39, 0.29) is 36.4 Å². The van der Waals surface area contributed by atoms with Crippen molar-refractivity contribution < 1.29 is 47.1 Å². The minimum absolute atomic E-state index is 0.0510. The Kier molecular flexibility index (Phi) is 8.86. The van der Waals surface area contributed by atoms with Crippen molar-refractivity contribution in [3.8, 4) is 11.5 Å². The third kappa shape index (κ3) is 5.86. The van der Waals surface area contributed by atoms with Crippen LogP contribution < -0.4 is 15.1 Å². The van der Waals surface area contributed by atoms with Crippen LogP contribution in [0.1, 0.15) is 29.5 Å². The second-order valence-electron chi connectivity index (χ2n) is 15.0. The highest BCUT2D eigenvalue weighted by Gasteiger charge is 2.71. The number of nitrogens with one attached hydrogen (secondary N) is 1. The van der Waals surface area contributed by atoms with Crippen molar-refractivity contribution in [1.29, 1.82) is 0 Å². The summed E-state index contributed by atoms with van der Waals surface area (Å²) in [5, 5.41) is 22.3. The first-order chi connectivity index (χ1) is 28.1. The number of phenolic OH excluding ortho intramolecular Hbond substituents is 1. The minimum atomic E-state index is -4.78. The van der Waals surface area contributed by atoms with Gasteiger partial charge in [-0.15, -0.1) is 0 Å². The van der Waals surface area contributed by atoms with E-state index in [2.05, 4.69) is 10.4 Å². The van der Waals surface area contributed by atoms with Crippen LogP contribution in [0.3, 0.4) is 0 Å². The van der Waals surface area contributed by atoms with Gasteiger partial charge in [-0.1, -0.05) is 47.0 Å². The summed E-state index contributed by atoms with van der Waals surface area (Å²) in [5.41, 5.74) is 1.53. The fourth-order valence-corrected chi connectivity index (χ4v) is 9.91. The number of halogens is 5. The van der Waals surface area contributed by atoms with Gasteiger partial charge in [-0.2, -0.15) is 18.2 Å². The summed E-state index contributed by atoms with van der Waals surface area (Å²) < 4.78 is 46.7. The Balaban J connectivity index is 1.20. The molecule has 0 bridgehead atoms. The normalized spacial score (nSPS) is 26.0. The number of hydrazine groups is 1. The molecule has 18 heteroatoms. The lowest BCUT2D eigenvalue weighted by molar-refractivity contribution is -0.384. The standard InChI is InChI=1S/C41H28Cl2F3N5O8/c42-23-3-1-21(2-4-23)40-30(37(54)50(39(40)56)48-35-31(43)15-22(17-47-35)41(44,45)46)16-29-27(34(40)20-13-19-14-26(52)9-12-32(19)59-18-20)10-11-28-33(29)38(55)49(36(28)53)24-5-7-25(8-6-24)51(57)58/h1-10,12,14-15,17-18,28-30,33-34,52H,11,13,16H2,(H,47,48). The zero-order valence-electron chi connectivity index (χ0n) is 30.2. The smallest absolute Gasteiger partial charge is 0.417 e. The van der Waals surface area contributed by atoms with Gasteiger partial charge < -0.3 is 9.84 Å². The first kappa shape index (κ1) is 38.3. The van der Waals surface area contributed by atoms with Crippen LogP contribution in [-0.4, -0.2) is 43.7 Å². The monoisotopic (exact) mass is 845 g/mol. The summed E-state index contributed by atoms with van der Waals surface area (Å²) in [6.45, 7) is 0. The number of anilines is 2.